The van der Waals surface area contributed by atoms with E-state index in [9.17, 15) is 4.79 Å². The van der Waals surface area contributed by atoms with E-state index in [0.29, 0.717) is 12.1 Å². The summed E-state index contributed by atoms with van der Waals surface area (Å²) in [4.78, 5) is 12.6. The second-order valence-electron chi connectivity index (χ2n) is 5.83. The molecule has 0 saturated heterocycles. The van der Waals surface area contributed by atoms with E-state index < -0.39 is 0 Å². The number of ether oxygens (including phenoxy) is 1. The molecule has 3 heterocycles. The van der Waals surface area contributed by atoms with Crippen molar-refractivity contribution in [2.75, 3.05) is 7.11 Å². The summed E-state index contributed by atoms with van der Waals surface area (Å²) in [6.07, 6.45) is 7.01. The van der Waals surface area contributed by atoms with E-state index in [1.165, 1.54) is 0 Å². The van der Waals surface area contributed by atoms with Gasteiger partial charge in [0.25, 0.3) is 5.91 Å². The van der Waals surface area contributed by atoms with Gasteiger partial charge in [0.05, 0.1) is 30.6 Å². The van der Waals surface area contributed by atoms with E-state index in [-0.39, 0.29) is 5.91 Å². The van der Waals surface area contributed by atoms with Gasteiger partial charge in [0.1, 0.15) is 5.75 Å². The Balaban J connectivity index is 1.53. The molecule has 0 aliphatic rings. The number of pyridine rings is 1. The number of rotatable bonds is 5. The number of aromatic nitrogens is 4. The van der Waals surface area contributed by atoms with Gasteiger partial charge >= 0.3 is 0 Å². The molecule has 4 rings (SSSR count). The van der Waals surface area contributed by atoms with E-state index in [4.69, 9.17) is 4.74 Å². The van der Waals surface area contributed by atoms with Crippen LogP contribution in [0.25, 0.3) is 16.6 Å². The highest BCUT2D eigenvalue weighted by Crippen LogP contribution is 2.20. The Morgan fingerprint density at radius 3 is 2.96 bits per heavy atom. The highest BCUT2D eigenvalue weighted by atomic mass is 16.5. The van der Waals surface area contributed by atoms with Gasteiger partial charge in [-0.15, -0.1) is 0 Å². The summed E-state index contributed by atoms with van der Waals surface area (Å²) in [5, 5.41) is 14.0. The molecule has 130 valence electrons. The number of carbonyl (C=O) groups excluding carboxylic acids is 1. The summed E-state index contributed by atoms with van der Waals surface area (Å²) in [6.45, 7) is 0.417. The Labute approximate surface area is 149 Å². The van der Waals surface area contributed by atoms with Gasteiger partial charge in [-0.1, -0.05) is 18.2 Å². The van der Waals surface area contributed by atoms with Crippen LogP contribution in [0.5, 0.6) is 5.75 Å². The number of nitrogens with one attached hydrogen (secondary N) is 2. The SMILES string of the molecule is COc1cccc(CNC(=O)c2cnn3cc(-c4cn[nH]c4)ccc23)c1. The predicted octanol–water partition coefficient (Wildman–Crippen LogP) is 2.66. The molecule has 2 N–H and O–H groups in total. The van der Waals surface area contributed by atoms with Crippen LogP contribution in [0.4, 0.5) is 0 Å². The van der Waals surface area contributed by atoms with Crippen molar-refractivity contribution in [2.24, 2.45) is 0 Å². The van der Waals surface area contributed by atoms with Crippen LogP contribution in [0.15, 0.2) is 61.2 Å². The molecule has 0 bridgehead atoms. The number of nitrogens with zero attached hydrogens (tertiary/aromatic N) is 3. The molecular weight excluding hydrogens is 330 g/mol. The molecule has 1 aromatic carbocycles. The third-order valence-corrected chi connectivity index (χ3v) is 4.18. The summed E-state index contributed by atoms with van der Waals surface area (Å²) in [5.41, 5.74) is 4.19. The minimum Gasteiger partial charge on any atom is -0.497 e. The van der Waals surface area contributed by atoms with E-state index >= 15 is 0 Å². The number of carbonyl (C=O) groups is 1. The molecule has 4 aromatic rings. The lowest BCUT2D eigenvalue weighted by Gasteiger charge is -2.06. The molecule has 3 aromatic heterocycles. The normalized spacial score (nSPS) is 10.8. The first-order valence-electron chi connectivity index (χ1n) is 8.12. The number of H-pyrrole nitrogens is 1. The van der Waals surface area contributed by atoms with Gasteiger partial charge in [-0.25, -0.2) is 4.52 Å². The Morgan fingerprint density at radius 2 is 2.15 bits per heavy atom. The maximum atomic E-state index is 12.6. The third-order valence-electron chi connectivity index (χ3n) is 4.18. The predicted molar refractivity (Wildman–Crippen MR) is 96.9 cm³/mol. The molecule has 0 aliphatic heterocycles. The van der Waals surface area contributed by atoms with E-state index in [2.05, 4.69) is 20.6 Å². The Hall–Kier alpha value is -3.61. The van der Waals surface area contributed by atoms with Gasteiger partial charge in [0.15, 0.2) is 0 Å². The average molecular weight is 347 g/mol. The van der Waals surface area contributed by atoms with Crippen molar-refractivity contribution in [1.82, 2.24) is 25.1 Å². The van der Waals surface area contributed by atoms with Gasteiger partial charge in [-0.3, -0.25) is 9.89 Å². The lowest BCUT2D eigenvalue weighted by molar-refractivity contribution is 0.0952. The fourth-order valence-corrected chi connectivity index (χ4v) is 2.80. The molecule has 26 heavy (non-hydrogen) atoms. The maximum Gasteiger partial charge on any atom is 0.255 e. The Kier molecular flexibility index (Phi) is 4.10. The van der Waals surface area contributed by atoms with E-state index in [1.807, 2.05) is 48.8 Å². The zero-order valence-electron chi connectivity index (χ0n) is 14.1. The molecule has 0 spiro atoms. The second-order valence-corrected chi connectivity index (χ2v) is 5.83. The van der Waals surface area contributed by atoms with Crippen LogP contribution in [0, 0.1) is 0 Å². The van der Waals surface area contributed by atoms with Gasteiger partial charge in [-0.2, -0.15) is 10.2 Å². The minimum atomic E-state index is -0.168. The molecule has 0 radical (unpaired) electrons. The van der Waals surface area contributed by atoms with Crippen LogP contribution in [0.3, 0.4) is 0 Å². The maximum absolute atomic E-state index is 12.6. The van der Waals surface area contributed by atoms with Crippen LogP contribution in [-0.2, 0) is 6.54 Å². The van der Waals surface area contributed by atoms with E-state index in [1.54, 1.807) is 24.0 Å². The van der Waals surface area contributed by atoms with Crippen molar-refractivity contribution >= 4 is 11.4 Å². The smallest absolute Gasteiger partial charge is 0.255 e. The van der Waals surface area contributed by atoms with Crippen molar-refractivity contribution in [3.63, 3.8) is 0 Å². The first-order valence-corrected chi connectivity index (χ1v) is 8.12. The fraction of sp³-hybridized carbons (Fsp3) is 0.105. The molecule has 1 amide bonds. The van der Waals surface area contributed by atoms with Crippen LogP contribution >= 0.6 is 0 Å². The number of fused-ring (bicyclic) bond motifs is 1. The molecule has 0 fully saturated rings. The van der Waals surface area contributed by atoms with Crippen molar-refractivity contribution in [2.45, 2.75) is 6.54 Å². The fourth-order valence-electron chi connectivity index (χ4n) is 2.80. The third kappa shape index (κ3) is 3.02. The van der Waals surface area contributed by atoms with Crippen LogP contribution in [0.2, 0.25) is 0 Å². The zero-order valence-corrected chi connectivity index (χ0v) is 14.1. The van der Waals surface area contributed by atoms with Crippen LogP contribution < -0.4 is 10.1 Å². The summed E-state index contributed by atoms with van der Waals surface area (Å²) >= 11 is 0. The second kappa shape index (κ2) is 6.72. The number of hydrogen-bond acceptors (Lipinski definition) is 4. The lowest BCUT2D eigenvalue weighted by atomic mass is 10.1. The number of benzene rings is 1. The Bertz CT molecular complexity index is 1050. The zero-order chi connectivity index (χ0) is 17.9. The van der Waals surface area contributed by atoms with Crippen molar-refractivity contribution in [3.05, 3.63) is 72.3 Å². The van der Waals surface area contributed by atoms with Crippen molar-refractivity contribution < 1.29 is 9.53 Å². The molecular formula is C19H17N5O2. The first kappa shape index (κ1) is 15.9. The Morgan fingerprint density at radius 1 is 1.23 bits per heavy atom. The van der Waals surface area contributed by atoms with E-state index in [0.717, 1.165) is 28.0 Å². The minimum absolute atomic E-state index is 0.168. The van der Waals surface area contributed by atoms with Gasteiger partial charge in [0, 0.05) is 30.1 Å². The van der Waals surface area contributed by atoms with Crippen molar-refractivity contribution in [1.29, 1.82) is 0 Å². The summed E-state index contributed by atoms with van der Waals surface area (Å²) in [5.74, 6) is 0.596. The van der Waals surface area contributed by atoms with Gasteiger partial charge < -0.3 is 10.1 Å². The lowest BCUT2D eigenvalue weighted by Crippen LogP contribution is -2.22. The summed E-state index contributed by atoms with van der Waals surface area (Å²) in [6, 6.07) is 11.4. The van der Waals surface area contributed by atoms with Gasteiger partial charge in [-0.05, 0) is 23.8 Å². The van der Waals surface area contributed by atoms with Gasteiger partial charge in [0.2, 0.25) is 0 Å². The molecule has 7 nitrogen and oxygen atoms in total. The highest BCUT2D eigenvalue weighted by Gasteiger charge is 2.13. The summed E-state index contributed by atoms with van der Waals surface area (Å²) in [7, 11) is 1.62. The standard InChI is InChI=1S/C19H17N5O2/c1-26-16-4-2-3-13(7-16)8-20-19(25)17-11-23-24-12-14(5-6-18(17)24)15-9-21-22-10-15/h2-7,9-12H,8H2,1H3,(H,20,25)(H,21,22). The highest BCUT2D eigenvalue weighted by molar-refractivity contribution is 6.00. The molecule has 0 atom stereocenters. The molecule has 7 heteroatoms. The van der Waals surface area contributed by atoms with Crippen LogP contribution in [-0.4, -0.2) is 32.8 Å². The first-order chi connectivity index (χ1) is 12.7. The number of aromatic amines is 1. The number of hydrogen-bond donors (Lipinski definition) is 2. The number of methoxy groups -OCH3 is 1. The quantitative estimate of drug-likeness (QED) is 0.581. The number of amides is 1. The monoisotopic (exact) mass is 347 g/mol. The van der Waals surface area contributed by atoms with Crippen molar-refractivity contribution in [3.8, 4) is 16.9 Å². The summed E-state index contributed by atoms with van der Waals surface area (Å²) < 4.78 is 6.90. The molecule has 0 saturated carbocycles. The topological polar surface area (TPSA) is 84.3 Å². The molecule has 0 unspecified atom stereocenters. The molecule has 0 aliphatic carbocycles. The van der Waals surface area contributed by atoms with Crippen LogP contribution in [0.1, 0.15) is 15.9 Å². The average Bonchev–Trinajstić information content (AvgIpc) is 3.35. The largest absolute Gasteiger partial charge is 0.497 e.